The summed E-state index contributed by atoms with van der Waals surface area (Å²) in [5.74, 6) is -1.86. The molecule has 0 heterocycles. The molecule has 0 aromatic heterocycles. The van der Waals surface area contributed by atoms with E-state index in [-0.39, 0.29) is 0 Å². The topological polar surface area (TPSA) is 163 Å². The van der Waals surface area contributed by atoms with Gasteiger partial charge in [-0.25, -0.2) is 9.59 Å². The Morgan fingerprint density at radius 1 is 0.850 bits per heavy atom. The zero-order valence-electron chi connectivity index (χ0n) is 10.6. The normalized spacial score (nSPS) is 15.1. The number of amides is 2. The minimum absolute atomic E-state index is 0.519. The van der Waals surface area contributed by atoms with E-state index < -0.39 is 46.5 Å². The van der Waals surface area contributed by atoms with Crippen molar-refractivity contribution in [3.8, 4) is 0 Å². The van der Waals surface area contributed by atoms with Crippen LogP contribution in [0.25, 0.3) is 0 Å². The lowest BCUT2D eigenvalue weighted by Gasteiger charge is -2.19. The van der Waals surface area contributed by atoms with Crippen LogP contribution in [0.3, 0.4) is 0 Å². The molecule has 1 aliphatic carbocycles. The fourth-order valence-electron chi connectivity index (χ4n) is 1.30. The molecule has 0 saturated carbocycles. The monoisotopic (exact) mass is 284 g/mol. The first-order chi connectivity index (χ1) is 9.33. The number of ether oxygens (including phenoxy) is 2. The lowest BCUT2D eigenvalue weighted by atomic mass is 10.00. The molecule has 10 heteroatoms. The van der Waals surface area contributed by atoms with Gasteiger partial charge in [0.25, 0.3) is 0 Å². The zero-order valence-corrected chi connectivity index (χ0v) is 10.6. The second kappa shape index (κ2) is 5.73. The Morgan fingerprint density at radius 2 is 1.15 bits per heavy atom. The smallest absolute Gasteiger partial charge is 0.411 e. The Bertz CT molecular complexity index is 512. The molecule has 0 atom stereocenters. The summed E-state index contributed by atoms with van der Waals surface area (Å²) < 4.78 is 8.56. The van der Waals surface area contributed by atoms with Crippen molar-refractivity contribution in [2.75, 3.05) is 14.2 Å². The van der Waals surface area contributed by atoms with Gasteiger partial charge in [0, 0.05) is 0 Å². The van der Waals surface area contributed by atoms with Crippen LogP contribution in [0.15, 0.2) is 22.8 Å². The molecule has 10 nitrogen and oxygen atoms in total. The number of ketones is 2. The van der Waals surface area contributed by atoms with E-state index in [2.05, 4.69) is 9.47 Å². The lowest BCUT2D eigenvalue weighted by Crippen LogP contribution is -2.43. The molecule has 0 spiro atoms. The Hall–Kier alpha value is -3.04. The quantitative estimate of drug-likeness (QED) is 0.431. The van der Waals surface area contributed by atoms with Crippen molar-refractivity contribution in [1.82, 2.24) is 10.6 Å². The number of alkyl carbamates (subject to hydrolysis) is 2. The first-order valence-corrected chi connectivity index (χ1v) is 5.12. The van der Waals surface area contributed by atoms with Crippen molar-refractivity contribution >= 4 is 23.8 Å². The third-order valence-corrected chi connectivity index (χ3v) is 2.31. The highest BCUT2D eigenvalue weighted by Gasteiger charge is 2.34. The molecule has 0 aliphatic heterocycles. The number of methoxy groups -OCH3 is 2. The third kappa shape index (κ3) is 2.68. The van der Waals surface area contributed by atoms with Crippen LogP contribution in [0.4, 0.5) is 9.59 Å². The highest BCUT2D eigenvalue weighted by molar-refractivity contribution is 6.25. The zero-order chi connectivity index (χ0) is 15.4. The molecule has 1 rings (SSSR count). The molecular weight excluding hydrogens is 272 g/mol. The van der Waals surface area contributed by atoms with Gasteiger partial charge in [-0.05, 0) is 0 Å². The van der Waals surface area contributed by atoms with E-state index in [1.165, 1.54) is 0 Å². The number of carbonyl (C=O) groups excluding carboxylic acids is 4. The van der Waals surface area contributed by atoms with E-state index in [4.69, 9.17) is 11.5 Å². The first-order valence-electron chi connectivity index (χ1n) is 5.12. The summed E-state index contributed by atoms with van der Waals surface area (Å²) in [7, 11) is 2.12. The average Bonchev–Trinajstić information content (AvgIpc) is 2.45. The van der Waals surface area contributed by atoms with Crippen LogP contribution in [0.1, 0.15) is 0 Å². The van der Waals surface area contributed by atoms with Gasteiger partial charge in [-0.2, -0.15) is 0 Å². The van der Waals surface area contributed by atoms with Crippen molar-refractivity contribution in [1.29, 1.82) is 0 Å². The minimum Gasteiger partial charge on any atom is -0.453 e. The minimum atomic E-state index is -0.999. The summed E-state index contributed by atoms with van der Waals surface area (Å²) >= 11 is 0. The van der Waals surface area contributed by atoms with Crippen LogP contribution in [-0.4, -0.2) is 38.0 Å². The van der Waals surface area contributed by atoms with Gasteiger partial charge >= 0.3 is 12.2 Å². The van der Waals surface area contributed by atoms with Crippen LogP contribution in [0, 0.1) is 0 Å². The van der Waals surface area contributed by atoms with Gasteiger partial charge in [-0.1, -0.05) is 0 Å². The molecule has 0 aromatic carbocycles. The fourth-order valence-corrected chi connectivity index (χ4v) is 1.30. The Kier molecular flexibility index (Phi) is 4.31. The summed E-state index contributed by atoms with van der Waals surface area (Å²) in [6.07, 6.45) is -2.00. The average molecular weight is 284 g/mol. The van der Waals surface area contributed by atoms with Gasteiger partial charge in [0.2, 0.25) is 11.6 Å². The predicted molar refractivity (Wildman–Crippen MR) is 63.5 cm³/mol. The predicted octanol–water partition coefficient (Wildman–Crippen LogP) is -1.81. The summed E-state index contributed by atoms with van der Waals surface area (Å²) in [5.41, 5.74) is 8.68. The van der Waals surface area contributed by atoms with E-state index in [0.717, 1.165) is 14.2 Å². The number of hydrogen-bond acceptors (Lipinski definition) is 8. The molecule has 108 valence electrons. The van der Waals surface area contributed by atoms with Gasteiger partial charge in [-0.15, -0.1) is 0 Å². The summed E-state index contributed by atoms with van der Waals surface area (Å²) in [5, 5.41) is 3.96. The van der Waals surface area contributed by atoms with Crippen LogP contribution in [0.2, 0.25) is 0 Å². The molecule has 1 aliphatic rings. The number of carbonyl (C=O) groups is 4. The molecule has 0 aromatic rings. The van der Waals surface area contributed by atoms with Crippen molar-refractivity contribution in [2.24, 2.45) is 11.5 Å². The van der Waals surface area contributed by atoms with Crippen LogP contribution in [-0.2, 0) is 19.1 Å². The fraction of sp³-hybridized carbons (Fsp3) is 0.200. The maximum absolute atomic E-state index is 11.9. The van der Waals surface area contributed by atoms with Gasteiger partial charge < -0.3 is 20.9 Å². The molecule has 0 radical (unpaired) electrons. The van der Waals surface area contributed by atoms with E-state index in [9.17, 15) is 19.2 Å². The Labute approximate surface area is 112 Å². The van der Waals surface area contributed by atoms with E-state index in [1.807, 2.05) is 10.6 Å². The molecular formula is C10H12N4O6. The maximum Gasteiger partial charge on any atom is 0.411 e. The van der Waals surface area contributed by atoms with Crippen molar-refractivity contribution in [3.05, 3.63) is 22.8 Å². The number of hydrogen-bond donors (Lipinski definition) is 4. The van der Waals surface area contributed by atoms with Crippen LogP contribution < -0.4 is 22.1 Å². The summed E-state index contributed by atoms with van der Waals surface area (Å²) in [6, 6.07) is 0. The maximum atomic E-state index is 11.9. The first kappa shape index (κ1) is 15.0. The van der Waals surface area contributed by atoms with Crippen molar-refractivity contribution < 1.29 is 28.7 Å². The SMILES string of the molecule is COC(=O)NC1=C(N)C(=O)C(NC(=O)OC)=C(N)C1=O. The van der Waals surface area contributed by atoms with Gasteiger partial charge in [0.1, 0.15) is 22.8 Å². The van der Waals surface area contributed by atoms with E-state index in [1.54, 1.807) is 0 Å². The molecule has 0 unspecified atom stereocenters. The van der Waals surface area contributed by atoms with Crippen molar-refractivity contribution in [2.45, 2.75) is 0 Å². The van der Waals surface area contributed by atoms with Crippen LogP contribution >= 0.6 is 0 Å². The highest BCUT2D eigenvalue weighted by atomic mass is 16.5. The number of Topliss-reactive ketones (excluding diaryl/α,β-unsaturated/α-hetero) is 2. The van der Waals surface area contributed by atoms with Gasteiger partial charge in [-0.3, -0.25) is 20.2 Å². The number of rotatable bonds is 2. The largest absolute Gasteiger partial charge is 0.453 e. The Balaban J connectivity index is 3.14. The number of nitrogens with two attached hydrogens (primary N) is 2. The lowest BCUT2D eigenvalue weighted by molar-refractivity contribution is -0.117. The molecule has 20 heavy (non-hydrogen) atoms. The van der Waals surface area contributed by atoms with Gasteiger partial charge in [0.05, 0.1) is 14.2 Å². The van der Waals surface area contributed by atoms with Crippen LogP contribution in [0.5, 0.6) is 0 Å². The molecule has 0 bridgehead atoms. The molecule has 6 N–H and O–H groups in total. The number of nitrogens with one attached hydrogen (secondary N) is 2. The summed E-state index contributed by atoms with van der Waals surface area (Å²) in [6.45, 7) is 0. The van der Waals surface area contributed by atoms with Gasteiger partial charge in [0.15, 0.2) is 0 Å². The van der Waals surface area contributed by atoms with Crippen molar-refractivity contribution in [3.63, 3.8) is 0 Å². The highest BCUT2D eigenvalue weighted by Crippen LogP contribution is 2.16. The Morgan fingerprint density at radius 3 is 1.40 bits per heavy atom. The second-order valence-corrected chi connectivity index (χ2v) is 3.47. The second-order valence-electron chi connectivity index (χ2n) is 3.47. The molecule has 2 amide bonds. The third-order valence-electron chi connectivity index (χ3n) is 2.31. The van der Waals surface area contributed by atoms with E-state index in [0.29, 0.717) is 0 Å². The standard InChI is InChI=1S/C10H12N4O6/c1-19-9(17)13-5-3(11)8(16)6(4(12)7(5)15)14-10(18)20-2/h11-12H2,1-2H3,(H,13,17)(H,14,18). The molecule has 0 saturated heterocycles. The van der Waals surface area contributed by atoms with E-state index >= 15 is 0 Å². The summed E-state index contributed by atoms with van der Waals surface area (Å²) in [4.78, 5) is 45.9. The molecule has 0 fully saturated rings.